The van der Waals surface area contributed by atoms with E-state index in [1.54, 1.807) is 12.1 Å². The van der Waals surface area contributed by atoms with Crippen LogP contribution < -0.4 is 10.5 Å². The number of aryl methyl sites for hydroxylation is 1. The van der Waals surface area contributed by atoms with Crippen LogP contribution in [-0.2, 0) is 29.4 Å². The molecule has 0 saturated heterocycles. The Labute approximate surface area is 142 Å². The molecule has 2 aromatic rings. The van der Waals surface area contributed by atoms with Gasteiger partial charge in [-0.3, -0.25) is 0 Å². The van der Waals surface area contributed by atoms with Crippen molar-refractivity contribution in [3.05, 3.63) is 46.8 Å². The number of primary sulfonamides is 1. The van der Waals surface area contributed by atoms with Crippen molar-refractivity contribution < 1.29 is 12.9 Å². The van der Waals surface area contributed by atoms with Crippen molar-refractivity contribution in [2.24, 2.45) is 5.14 Å². The van der Waals surface area contributed by atoms with Gasteiger partial charge in [0, 0.05) is 24.6 Å². The van der Waals surface area contributed by atoms with Crippen LogP contribution in [0.25, 0.3) is 0 Å². The van der Waals surface area contributed by atoms with E-state index < -0.39 is 10.0 Å². The lowest BCUT2D eigenvalue weighted by Crippen LogP contribution is -2.22. The maximum absolute atomic E-state index is 11.5. The first kappa shape index (κ1) is 17.1. The third-order valence-corrected chi connectivity index (χ3v) is 5.46. The molecule has 0 bridgehead atoms. The summed E-state index contributed by atoms with van der Waals surface area (Å²) in [6.45, 7) is 2.66. The van der Waals surface area contributed by atoms with Gasteiger partial charge in [0.2, 0.25) is 10.0 Å². The number of aromatic nitrogens is 1. The minimum absolute atomic E-state index is 0.0302. The minimum Gasteiger partial charge on any atom is -0.361 e. The predicted octanol–water partition coefficient (Wildman–Crippen LogP) is 2.44. The smallest absolute Gasteiger partial charge is 0.238 e. The maximum Gasteiger partial charge on any atom is 0.238 e. The van der Waals surface area contributed by atoms with Crippen molar-refractivity contribution in [2.45, 2.75) is 56.5 Å². The van der Waals surface area contributed by atoms with Crippen molar-refractivity contribution in [3.8, 4) is 0 Å². The fraction of sp³-hybridized carbons (Fsp3) is 0.471. The van der Waals surface area contributed by atoms with Crippen molar-refractivity contribution in [1.29, 1.82) is 0 Å². The van der Waals surface area contributed by atoms with E-state index in [2.05, 4.69) is 17.4 Å². The summed E-state index contributed by atoms with van der Waals surface area (Å²) in [5, 5.41) is 12.9. The molecule has 130 valence electrons. The number of nitrogens with two attached hydrogens (primary N) is 1. The van der Waals surface area contributed by atoms with Gasteiger partial charge in [0.1, 0.15) is 11.5 Å². The molecule has 0 saturated carbocycles. The van der Waals surface area contributed by atoms with Gasteiger partial charge < -0.3 is 9.84 Å². The summed E-state index contributed by atoms with van der Waals surface area (Å²) in [6, 6.07) is 6.81. The fourth-order valence-corrected chi connectivity index (χ4v) is 3.78. The Morgan fingerprint density at radius 3 is 2.88 bits per heavy atom. The van der Waals surface area contributed by atoms with Crippen LogP contribution in [0, 0.1) is 0 Å². The molecule has 24 heavy (non-hydrogen) atoms. The van der Waals surface area contributed by atoms with Gasteiger partial charge in [0.15, 0.2) is 0 Å². The molecule has 0 spiro atoms. The molecule has 7 heteroatoms. The Morgan fingerprint density at radius 1 is 1.33 bits per heavy atom. The Bertz CT molecular complexity index is 814. The van der Waals surface area contributed by atoms with Crippen LogP contribution in [-0.4, -0.2) is 13.6 Å². The van der Waals surface area contributed by atoms with Gasteiger partial charge in [-0.1, -0.05) is 24.2 Å². The number of nitrogens with one attached hydrogen (secondary N) is 1. The molecule has 0 fully saturated rings. The summed E-state index contributed by atoms with van der Waals surface area (Å²) < 4.78 is 28.5. The monoisotopic (exact) mass is 349 g/mol. The van der Waals surface area contributed by atoms with E-state index in [0.29, 0.717) is 6.54 Å². The van der Waals surface area contributed by atoms with Crippen LogP contribution >= 0.6 is 0 Å². The average Bonchev–Trinajstić information content (AvgIpc) is 2.98. The SMILES string of the molecule is CCC(NCc1noc2c1CCCC2)c1cccc(S(N)(=O)=O)c1. The maximum atomic E-state index is 11.5. The molecule has 1 atom stereocenters. The second-order valence-corrected chi connectivity index (χ2v) is 7.76. The summed E-state index contributed by atoms with van der Waals surface area (Å²) in [5.74, 6) is 1.02. The van der Waals surface area contributed by atoms with Crippen LogP contribution in [0.4, 0.5) is 0 Å². The summed E-state index contributed by atoms with van der Waals surface area (Å²) in [5.41, 5.74) is 3.11. The van der Waals surface area contributed by atoms with Crippen LogP contribution in [0.15, 0.2) is 33.7 Å². The Hall–Kier alpha value is -1.70. The molecule has 3 rings (SSSR count). The zero-order chi connectivity index (χ0) is 17.2. The number of hydrogen-bond acceptors (Lipinski definition) is 5. The highest BCUT2D eigenvalue weighted by molar-refractivity contribution is 7.89. The largest absolute Gasteiger partial charge is 0.361 e. The Balaban J connectivity index is 1.75. The third kappa shape index (κ3) is 3.68. The molecule has 6 nitrogen and oxygen atoms in total. The van der Waals surface area contributed by atoms with E-state index in [1.165, 1.54) is 18.1 Å². The zero-order valence-electron chi connectivity index (χ0n) is 13.8. The van der Waals surface area contributed by atoms with Gasteiger partial charge in [-0.15, -0.1) is 0 Å². The van der Waals surface area contributed by atoms with E-state index in [0.717, 1.165) is 42.7 Å². The average molecular weight is 349 g/mol. The summed E-state index contributed by atoms with van der Waals surface area (Å²) in [7, 11) is -3.69. The number of sulfonamides is 1. The molecular weight excluding hydrogens is 326 g/mol. The molecule has 0 aliphatic heterocycles. The molecular formula is C17H23N3O3S. The second-order valence-electron chi connectivity index (χ2n) is 6.20. The molecule has 1 aromatic heterocycles. The lowest BCUT2D eigenvalue weighted by atomic mass is 9.96. The van der Waals surface area contributed by atoms with Gasteiger partial charge in [0.25, 0.3) is 0 Å². The van der Waals surface area contributed by atoms with Gasteiger partial charge in [0.05, 0.1) is 4.90 Å². The second kappa shape index (κ2) is 7.04. The van der Waals surface area contributed by atoms with Crippen LogP contribution in [0.1, 0.15) is 54.8 Å². The molecule has 1 aromatic carbocycles. The molecule has 0 radical (unpaired) electrons. The molecule has 1 aliphatic carbocycles. The summed E-state index contributed by atoms with van der Waals surface area (Å²) in [4.78, 5) is 0.138. The molecule has 0 amide bonds. The first-order valence-electron chi connectivity index (χ1n) is 8.31. The lowest BCUT2D eigenvalue weighted by molar-refractivity contribution is 0.365. The van der Waals surface area contributed by atoms with Crippen molar-refractivity contribution in [2.75, 3.05) is 0 Å². The van der Waals surface area contributed by atoms with Gasteiger partial charge in [-0.2, -0.15) is 0 Å². The molecule has 3 N–H and O–H groups in total. The number of nitrogens with zero attached hydrogens (tertiary/aromatic N) is 1. The van der Waals surface area contributed by atoms with E-state index >= 15 is 0 Å². The van der Waals surface area contributed by atoms with E-state index in [1.807, 2.05) is 6.07 Å². The van der Waals surface area contributed by atoms with Crippen LogP contribution in [0.5, 0.6) is 0 Å². The summed E-state index contributed by atoms with van der Waals surface area (Å²) in [6.07, 6.45) is 5.15. The lowest BCUT2D eigenvalue weighted by Gasteiger charge is -2.18. The van der Waals surface area contributed by atoms with Crippen LogP contribution in [0.2, 0.25) is 0 Å². The quantitative estimate of drug-likeness (QED) is 0.834. The number of rotatable bonds is 6. The van der Waals surface area contributed by atoms with Crippen molar-refractivity contribution >= 4 is 10.0 Å². The highest BCUT2D eigenvalue weighted by atomic mass is 32.2. The van der Waals surface area contributed by atoms with Gasteiger partial charge >= 0.3 is 0 Å². The topological polar surface area (TPSA) is 98.2 Å². The zero-order valence-corrected chi connectivity index (χ0v) is 14.6. The predicted molar refractivity (Wildman–Crippen MR) is 90.8 cm³/mol. The highest BCUT2D eigenvalue weighted by Gasteiger charge is 2.20. The number of benzene rings is 1. The standard InChI is InChI=1S/C17H23N3O3S/c1-2-15(12-6-5-7-13(10-12)24(18,21)22)19-11-16-14-8-3-4-9-17(14)23-20-16/h5-7,10,15,19H,2-4,8-9,11H2,1H3,(H2,18,21,22). The number of hydrogen-bond donors (Lipinski definition) is 2. The highest BCUT2D eigenvalue weighted by Crippen LogP contribution is 2.25. The van der Waals surface area contributed by atoms with E-state index in [4.69, 9.17) is 9.66 Å². The van der Waals surface area contributed by atoms with E-state index in [9.17, 15) is 8.42 Å². The fourth-order valence-electron chi connectivity index (χ4n) is 3.21. The van der Waals surface area contributed by atoms with Crippen molar-refractivity contribution in [3.63, 3.8) is 0 Å². The first-order chi connectivity index (χ1) is 11.5. The number of fused-ring (bicyclic) bond motifs is 1. The van der Waals surface area contributed by atoms with Gasteiger partial charge in [-0.25, -0.2) is 13.6 Å². The first-order valence-corrected chi connectivity index (χ1v) is 9.86. The Kier molecular flexibility index (Phi) is 5.03. The van der Waals surface area contributed by atoms with E-state index in [-0.39, 0.29) is 10.9 Å². The minimum atomic E-state index is -3.69. The summed E-state index contributed by atoms with van der Waals surface area (Å²) >= 11 is 0. The van der Waals surface area contributed by atoms with Crippen molar-refractivity contribution in [1.82, 2.24) is 10.5 Å². The normalized spacial score (nSPS) is 15.9. The Morgan fingerprint density at radius 2 is 2.12 bits per heavy atom. The third-order valence-electron chi connectivity index (χ3n) is 4.54. The van der Waals surface area contributed by atoms with Crippen LogP contribution in [0.3, 0.4) is 0 Å². The molecule has 1 aliphatic rings. The molecule has 1 heterocycles. The molecule has 1 unspecified atom stereocenters. The van der Waals surface area contributed by atoms with Gasteiger partial charge in [-0.05, 0) is 43.4 Å².